The van der Waals surface area contributed by atoms with Gasteiger partial charge >= 0.3 is 0 Å². The highest BCUT2D eigenvalue weighted by Gasteiger charge is 2.29. The van der Waals surface area contributed by atoms with E-state index < -0.39 is 22.0 Å². The van der Waals surface area contributed by atoms with Crippen LogP contribution in [0.4, 0.5) is 5.69 Å². The molecule has 146 valence electrons. The fraction of sp³-hybridized carbons (Fsp3) is 0.316. The third-order valence-electron chi connectivity index (χ3n) is 4.03. The van der Waals surface area contributed by atoms with Gasteiger partial charge in [-0.15, -0.1) is 0 Å². The number of aryl methyl sites for hydroxylation is 1. The first-order valence-electron chi connectivity index (χ1n) is 8.29. The van der Waals surface area contributed by atoms with E-state index >= 15 is 0 Å². The molecule has 6 nitrogen and oxygen atoms in total. The van der Waals surface area contributed by atoms with E-state index in [0.717, 1.165) is 21.7 Å². The highest BCUT2D eigenvalue weighted by molar-refractivity contribution is 7.92. The number of sulfonamides is 1. The Morgan fingerprint density at radius 3 is 2.52 bits per heavy atom. The Morgan fingerprint density at radius 2 is 1.96 bits per heavy atom. The number of benzene rings is 2. The van der Waals surface area contributed by atoms with Gasteiger partial charge in [0.2, 0.25) is 15.9 Å². The summed E-state index contributed by atoms with van der Waals surface area (Å²) in [7, 11) is -2.25. The number of rotatable bonds is 7. The first-order valence-corrected chi connectivity index (χ1v) is 10.5. The van der Waals surface area contributed by atoms with Crippen molar-refractivity contribution in [2.75, 3.05) is 17.7 Å². The number of carbonyl (C=O) groups excluding carboxylic acids is 1. The smallest absolute Gasteiger partial charge is 0.243 e. The molecule has 8 heteroatoms. The summed E-state index contributed by atoms with van der Waals surface area (Å²) in [5.41, 5.74) is 2.32. The van der Waals surface area contributed by atoms with Crippen molar-refractivity contribution in [2.45, 2.75) is 26.4 Å². The number of methoxy groups -OCH3 is 1. The minimum absolute atomic E-state index is 0.260. The topological polar surface area (TPSA) is 75.7 Å². The zero-order chi connectivity index (χ0) is 20.2. The largest absolute Gasteiger partial charge is 0.495 e. The molecule has 0 aliphatic carbocycles. The van der Waals surface area contributed by atoms with Gasteiger partial charge in [-0.25, -0.2) is 8.42 Å². The van der Waals surface area contributed by atoms with Gasteiger partial charge in [-0.2, -0.15) is 0 Å². The van der Waals surface area contributed by atoms with Gasteiger partial charge in [-0.1, -0.05) is 41.4 Å². The zero-order valence-electron chi connectivity index (χ0n) is 15.7. The lowest BCUT2D eigenvalue weighted by atomic mass is 10.1. The lowest BCUT2D eigenvalue weighted by Gasteiger charge is -2.28. The van der Waals surface area contributed by atoms with E-state index in [1.807, 2.05) is 31.2 Å². The van der Waals surface area contributed by atoms with E-state index in [4.69, 9.17) is 16.3 Å². The number of amides is 1. The van der Waals surface area contributed by atoms with E-state index in [2.05, 4.69) is 5.32 Å². The standard InChI is InChI=1S/C19H23ClN2O4S/c1-13-6-5-7-15(10-13)12-21-19(23)14(2)22(27(4,24)25)16-8-9-18(26-3)17(20)11-16/h5-11,14H,12H2,1-4H3,(H,21,23)/t14-/m1/s1. The molecule has 0 saturated heterocycles. The maximum atomic E-state index is 12.6. The van der Waals surface area contributed by atoms with Crippen LogP contribution < -0.4 is 14.4 Å². The van der Waals surface area contributed by atoms with E-state index in [1.165, 1.54) is 20.1 Å². The summed E-state index contributed by atoms with van der Waals surface area (Å²) in [5, 5.41) is 3.04. The minimum Gasteiger partial charge on any atom is -0.495 e. The monoisotopic (exact) mass is 410 g/mol. The van der Waals surface area contributed by atoms with Crippen molar-refractivity contribution < 1.29 is 17.9 Å². The number of halogens is 1. The van der Waals surface area contributed by atoms with Gasteiger partial charge < -0.3 is 10.1 Å². The lowest BCUT2D eigenvalue weighted by Crippen LogP contribution is -2.47. The van der Waals surface area contributed by atoms with Crippen molar-refractivity contribution in [3.63, 3.8) is 0 Å². The van der Waals surface area contributed by atoms with Crippen molar-refractivity contribution in [1.29, 1.82) is 0 Å². The highest BCUT2D eigenvalue weighted by Crippen LogP contribution is 2.31. The predicted octanol–water partition coefficient (Wildman–Crippen LogP) is 3.13. The number of anilines is 1. The first-order chi connectivity index (χ1) is 12.6. The second kappa shape index (κ2) is 8.63. The maximum absolute atomic E-state index is 12.6. The van der Waals surface area contributed by atoms with Gasteiger partial charge in [-0.05, 0) is 37.6 Å². The molecule has 0 aliphatic rings. The van der Waals surface area contributed by atoms with Gasteiger partial charge in [0.05, 0.1) is 24.1 Å². The van der Waals surface area contributed by atoms with Crippen molar-refractivity contribution in [2.24, 2.45) is 0 Å². The minimum atomic E-state index is -3.72. The fourth-order valence-electron chi connectivity index (χ4n) is 2.76. The molecule has 0 aromatic heterocycles. The molecule has 1 N–H and O–H groups in total. The molecular weight excluding hydrogens is 388 g/mol. The molecule has 0 unspecified atom stereocenters. The summed E-state index contributed by atoms with van der Waals surface area (Å²) in [5.74, 6) is 0.0132. The molecule has 0 radical (unpaired) electrons. The number of hydrogen-bond donors (Lipinski definition) is 1. The van der Waals surface area contributed by atoms with Crippen LogP contribution in [0, 0.1) is 6.92 Å². The summed E-state index contributed by atoms with van der Waals surface area (Å²) in [6.45, 7) is 3.81. The molecule has 0 aliphatic heterocycles. The quantitative estimate of drug-likeness (QED) is 0.760. The van der Waals surface area contributed by atoms with Crippen molar-refractivity contribution in [3.05, 3.63) is 58.6 Å². The molecule has 2 aromatic carbocycles. The van der Waals surface area contributed by atoms with Crippen molar-refractivity contribution in [3.8, 4) is 5.75 Å². The van der Waals surface area contributed by atoms with Crippen LogP contribution in [0.3, 0.4) is 0 Å². The normalized spacial score (nSPS) is 12.3. The fourth-order valence-corrected chi connectivity index (χ4v) is 4.18. The molecule has 27 heavy (non-hydrogen) atoms. The van der Waals surface area contributed by atoms with E-state index in [9.17, 15) is 13.2 Å². The molecular formula is C19H23ClN2O4S. The first kappa shape index (κ1) is 21.1. The Hall–Kier alpha value is -2.25. The van der Waals surface area contributed by atoms with Crippen LogP contribution in [0.2, 0.25) is 5.02 Å². The molecule has 0 spiro atoms. The van der Waals surface area contributed by atoms with Gasteiger partial charge in [0, 0.05) is 6.54 Å². The molecule has 0 fully saturated rings. The molecule has 0 heterocycles. The molecule has 0 bridgehead atoms. The highest BCUT2D eigenvalue weighted by atomic mass is 35.5. The van der Waals surface area contributed by atoms with Crippen LogP contribution in [-0.2, 0) is 21.4 Å². The lowest BCUT2D eigenvalue weighted by molar-refractivity contribution is -0.122. The second-order valence-corrected chi connectivity index (χ2v) is 8.53. The van der Waals surface area contributed by atoms with Crippen LogP contribution in [0.15, 0.2) is 42.5 Å². The average Bonchev–Trinajstić information content (AvgIpc) is 2.58. The molecule has 0 saturated carbocycles. The van der Waals surface area contributed by atoms with Gasteiger partial charge in [0.1, 0.15) is 11.8 Å². The van der Waals surface area contributed by atoms with E-state index in [1.54, 1.807) is 12.1 Å². The predicted molar refractivity (Wildman–Crippen MR) is 108 cm³/mol. The Labute approximate surface area is 165 Å². The average molecular weight is 411 g/mol. The number of carbonyl (C=O) groups is 1. The number of nitrogens with one attached hydrogen (secondary N) is 1. The Kier molecular flexibility index (Phi) is 6.73. The molecule has 1 atom stereocenters. The zero-order valence-corrected chi connectivity index (χ0v) is 17.3. The van der Waals surface area contributed by atoms with Crippen LogP contribution in [-0.4, -0.2) is 33.7 Å². The van der Waals surface area contributed by atoms with Crippen molar-refractivity contribution >= 4 is 33.2 Å². The third-order valence-corrected chi connectivity index (χ3v) is 5.56. The number of nitrogens with zero attached hydrogens (tertiary/aromatic N) is 1. The summed E-state index contributed by atoms with van der Waals surface area (Å²) in [6.07, 6.45) is 1.05. The SMILES string of the molecule is COc1ccc(N([C@H](C)C(=O)NCc2cccc(C)c2)S(C)(=O)=O)cc1Cl. The van der Waals surface area contributed by atoms with Crippen LogP contribution >= 0.6 is 11.6 Å². The van der Waals surface area contributed by atoms with Gasteiger partial charge in [-0.3, -0.25) is 9.10 Å². The summed E-state index contributed by atoms with van der Waals surface area (Å²) < 4.78 is 30.8. The van der Waals surface area contributed by atoms with Crippen LogP contribution in [0.25, 0.3) is 0 Å². The maximum Gasteiger partial charge on any atom is 0.243 e. The van der Waals surface area contributed by atoms with Crippen LogP contribution in [0.1, 0.15) is 18.1 Å². The number of hydrogen-bond acceptors (Lipinski definition) is 4. The Balaban J connectivity index is 2.23. The second-order valence-electron chi connectivity index (χ2n) is 6.26. The van der Waals surface area contributed by atoms with Gasteiger partial charge in [0.15, 0.2) is 0 Å². The Bertz CT molecular complexity index is 931. The van der Waals surface area contributed by atoms with E-state index in [-0.39, 0.29) is 5.02 Å². The molecule has 2 rings (SSSR count). The van der Waals surface area contributed by atoms with E-state index in [0.29, 0.717) is 18.0 Å². The molecule has 2 aromatic rings. The van der Waals surface area contributed by atoms with Crippen LogP contribution in [0.5, 0.6) is 5.75 Å². The summed E-state index contributed by atoms with van der Waals surface area (Å²) in [4.78, 5) is 12.6. The Morgan fingerprint density at radius 1 is 1.26 bits per heavy atom. The summed E-state index contributed by atoms with van der Waals surface area (Å²) >= 11 is 6.12. The third kappa shape index (κ3) is 5.37. The number of ether oxygens (including phenoxy) is 1. The summed E-state index contributed by atoms with van der Waals surface area (Å²) in [6, 6.07) is 11.4. The molecule has 1 amide bonds. The van der Waals surface area contributed by atoms with Gasteiger partial charge in [0.25, 0.3) is 0 Å². The van der Waals surface area contributed by atoms with Crippen molar-refractivity contribution in [1.82, 2.24) is 5.32 Å².